The van der Waals surface area contributed by atoms with Gasteiger partial charge in [0.2, 0.25) is 0 Å². The number of hydrogen-bond donors (Lipinski definition) is 3. The number of nitrogens with one attached hydrogen (secondary N) is 2. The number of anilines is 1. The topological polar surface area (TPSA) is 64.6 Å². The molecule has 0 radical (unpaired) electrons. The maximum atomic E-state index is 11.9. The standard InChI is InChI=1S/C18H23N3O2/c1-21(2)13-15-4-3-5-16(12-15)20-18(23)19-11-10-14-6-8-17(22)9-7-14/h3-9,12,22H,10-11,13H2,1-2H3,(H2,19,20,23). The number of carbonyl (C=O) groups excluding carboxylic acids is 1. The minimum absolute atomic E-state index is 0.217. The summed E-state index contributed by atoms with van der Waals surface area (Å²) in [6.07, 6.45) is 0.717. The van der Waals surface area contributed by atoms with Crippen LogP contribution < -0.4 is 10.6 Å². The van der Waals surface area contributed by atoms with E-state index in [9.17, 15) is 9.90 Å². The Kier molecular flexibility index (Phi) is 6.00. The molecule has 0 atom stereocenters. The maximum Gasteiger partial charge on any atom is 0.319 e. The Labute approximate surface area is 136 Å². The summed E-state index contributed by atoms with van der Waals surface area (Å²) < 4.78 is 0. The molecule has 0 aliphatic heterocycles. The van der Waals surface area contributed by atoms with Crippen LogP contribution in [0.1, 0.15) is 11.1 Å². The van der Waals surface area contributed by atoms with Gasteiger partial charge in [0.25, 0.3) is 0 Å². The lowest BCUT2D eigenvalue weighted by molar-refractivity contribution is 0.252. The SMILES string of the molecule is CN(C)Cc1cccc(NC(=O)NCCc2ccc(O)cc2)c1. The Hall–Kier alpha value is -2.53. The summed E-state index contributed by atoms with van der Waals surface area (Å²) in [7, 11) is 4.02. The molecule has 2 amide bonds. The molecule has 0 fully saturated rings. The van der Waals surface area contributed by atoms with E-state index in [0.29, 0.717) is 13.0 Å². The van der Waals surface area contributed by atoms with Crippen LogP contribution in [-0.2, 0) is 13.0 Å². The normalized spacial score (nSPS) is 10.6. The molecule has 23 heavy (non-hydrogen) atoms. The number of carbonyl (C=O) groups is 1. The van der Waals surface area contributed by atoms with Crippen molar-refractivity contribution in [2.75, 3.05) is 26.0 Å². The molecule has 3 N–H and O–H groups in total. The van der Waals surface area contributed by atoms with Gasteiger partial charge in [0, 0.05) is 18.8 Å². The zero-order valence-electron chi connectivity index (χ0n) is 13.5. The molecule has 0 aliphatic carbocycles. The number of hydrogen-bond acceptors (Lipinski definition) is 3. The minimum Gasteiger partial charge on any atom is -0.508 e. The van der Waals surface area contributed by atoms with Crippen molar-refractivity contribution in [3.63, 3.8) is 0 Å². The predicted octanol–water partition coefficient (Wildman–Crippen LogP) is 2.82. The summed E-state index contributed by atoms with van der Waals surface area (Å²) in [4.78, 5) is 14.0. The molecule has 2 aromatic carbocycles. The second-order valence-corrected chi connectivity index (χ2v) is 5.74. The molecule has 5 nitrogen and oxygen atoms in total. The molecular formula is C18H23N3O2. The van der Waals surface area contributed by atoms with E-state index in [4.69, 9.17) is 0 Å². The molecule has 0 saturated carbocycles. The van der Waals surface area contributed by atoms with Gasteiger partial charge in [-0.15, -0.1) is 0 Å². The smallest absolute Gasteiger partial charge is 0.319 e. The lowest BCUT2D eigenvalue weighted by Gasteiger charge is -2.12. The molecular weight excluding hydrogens is 290 g/mol. The van der Waals surface area contributed by atoms with E-state index in [0.717, 1.165) is 23.4 Å². The minimum atomic E-state index is -0.217. The third kappa shape index (κ3) is 6.00. The van der Waals surface area contributed by atoms with Crippen molar-refractivity contribution in [1.29, 1.82) is 0 Å². The highest BCUT2D eigenvalue weighted by molar-refractivity contribution is 5.89. The van der Waals surface area contributed by atoms with Crippen LogP contribution in [0.4, 0.5) is 10.5 Å². The molecule has 0 bridgehead atoms. The number of amides is 2. The molecule has 0 saturated heterocycles. The van der Waals surface area contributed by atoms with E-state index < -0.39 is 0 Å². The number of rotatable bonds is 6. The van der Waals surface area contributed by atoms with Crippen LogP contribution in [0.2, 0.25) is 0 Å². The second-order valence-electron chi connectivity index (χ2n) is 5.74. The molecule has 122 valence electrons. The quantitative estimate of drug-likeness (QED) is 0.768. The van der Waals surface area contributed by atoms with Crippen LogP contribution in [0.15, 0.2) is 48.5 Å². The van der Waals surface area contributed by atoms with Gasteiger partial charge in [0.1, 0.15) is 5.75 Å². The number of benzene rings is 2. The Balaban J connectivity index is 1.79. The second kappa shape index (κ2) is 8.19. The highest BCUT2D eigenvalue weighted by Gasteiger charge is 2.03. The first-order valence-electron chi connectivity index (χ1n) is 7.59. The summed E-state index contributed by atoms with van der Waals surface area (Å²) in [5.41, 5.74) is 3.00. The van der Waals surface area contributed by atoms with Crippen LogP contribution in [0.5, 0.6) is 5.75 Å². The van der Waals surface area contributed by atoms with Crippen molar-refractivity contribution in [1.82, 2.24) is 10.2 Å². The zero-order chi connectivity index (χ0) is 16.7. The Bertz CT molecular complexity index is 639. The van der Waals surface area contributed by atoms with E-state index in [1.54, 1.807) is 12.1 Å². The molecule has 5 heteroatoms. The first kappa shape index (κ1) is 16.8. The fraction of sp³-hybridized carbons (Fsp3) is 0.278. The molecule has 0 aliphatic rings. The average molecular weight is 313 g/mol. The molecule has 0 aromatic heterocycles. The van der Waals surface area contributed by atoms with Gasteiger partial charge in [-0.05, 0) is 55.9 Å². The van der Waals surface area contributed by atoms with Gasteiger partial charge in [0.05, 0.1) is 0 Å². The number of aromatic hydroxyl groups is 1. The van der Waals surface area contributed by atoms with E-state index in [2.05, 4.69) is 15.5 Å². The van der Waals surface area contributed by atoms with Gasteiger partial charge in [-0.2, -0.15) is 0 Å². The molecule has 0 heterocycles. The lowest BCUT2D eigenvalue weighted by atomic mass is 10.1. The van der Waals surface area contributed by atoms with E-state index >= 15 is 0 Å². The van der Waals surface area contributed by atoms with E-state index in [-0.39, 0.29) is 11.8 Å². The van der Waals surface area contributed by atoms with Crippen LogP contribution >= 0.6 is 0 Å². The van der Waals surface area contributed by atoms with E-state index in [1.165, 1.54) is 0 Å². The molecule has 0 unspecified atom stereocenters. The average Bonchev–Trinajstić information content (AvgIpc) is 2.49. The first-order valence-corrected chi connectivity index (χ1v) is 7.59. The fourth-order valence-corrected chi connectivity index (χ4v) is 2.27. The lowest BCUT2D eigenvalue weighted by Crippen LogP contribution is -2.30. The van der Waals surface area contributed by atoms with Gasteiger partial charge in [-0.3, -0.25) is 0 Å². The summed E-state index contributed by atoms with van der Waals surface area (Å²) in [6, 6.07) is 14.6. The third-order valence-corrected chi connectivity index (χ3v) is 3.32. The summed E-state index contributed by atoms with van der Waals surface area (Å²) in [6.45, 7) is 1.37. The van der Waals surface area contributed by atoms with E-state index in [1.807, 2.05) is 50.5 Å². The monoisotopic (exact) mass is 313 g/mol. The highest BCUT2D eigenvalue weighted by atomic mass is 16.3. The summed E-state index contributed by atoms with van der Waals surface area (Å²) >= 11 is 0. The third-order valence-electron chi connectivity index (χ3n) is 3.32. The van der Waals surface area contributed by atoms with Crippen LogP contribution in [0.25, 0.3) is 0 Å². The van der Waals surface area contributed by atoms with Crippen LogP contribution in [0.3, 0.4) is 0 Å². The zero-order valence-corrected chi connectivity index (χ0v) is 13.5. The van der Waals surface area contributed by atoms with Crippen molar-refractivity contribution in [2.45, 2.75) is 13.0 Å². The van der Waals surface area contributed by atoms with Crippen molar-refractivity contribution in [3.8, 4) is 5.75 Å². The number of phenols is 1. The van der Waals surface area contributed by atoms with Crippen molar-refractivity contribution >= 4 is 11.7 Å². The highest BCUT2D eigenvalue weighted by Crippen LogP contribution is 2.12. The number of phenolic OH excluding ortho intramolecular Hbond substituents is 1. The molecule has 0 spiro atoms. The van der Waals surface area contributed by atoms with Crippen molar-refractivity contribution in [2.24, 2.45) is 0 Å². The van der Waals surface area contributed by atoms with Gasteiger partial charge >= 0.3 is 6.03 Å². The van der Waals surface area contributed by atoms with Crippen LogP contribution in [0, 0.1) is 0 Å². The van der Waals surface area contributed by atoms with Crippen molar-refractivity contribution in [3.05, 3.63) is 59.7 Å². The Morgan fingerprint density at radius 1 is 1.09 bits per heavy atom. The molecule has 2 aromatic rings. The Morgan fingerprint density at radius 3 is 2.52 bits per heavy atom. The number of urea groups is 1. The predicted molar refractivity (Wildman–Crippen MR) is 92.7 cm³/mol. The van der Waals surface area contributed by atoms with Gasteiger partial charge in [0.15, 0.2) is 0 Å². The van der Waals surface area contributed by atoms with Crippen LogP contribution in [-0.4, -0.2) is 36.7 Å². The van der Waals surface area contributed by atoms with Gasteiger partial charge in [-0.25, -0.2) is 4.79 Å². The first-order chi connectivity index (χ1) is 11.0. The van der Waals surface area contributed by atoms with Gasteiger partial charge in [-0.1, -0.05) is 24.3 Å². The summed E-state index contributed by atoms with van der Waals surface area (Å²) in [5.74, 6) is 0.247. The molecule has 2 rings (SSSR count). The van der Waals surface area contributed by atoms with Crippen molar-refractivity contribution < 1.29 is 9.90 Å². The fourth-order valence-electron chi connectivity index (χ4n) is 2.27. The largest absolute Gasteiger partial charge is 0.508 e. The van der Waals surface area contributed by atoms with Gasteiger partial charge < -0.3 is 20.6 Å². The maximum absolute atomic E-state index is 11.9. The summed E-state index contributed by atoms with van der Waals surface area (Å²) in [5, 5.41) is 14.9. The number of nitrogens with zero attached hydrogens (tertiary/aromatic N) is 1. The Morgan fingerprint density at radius 2 is 1.83 bits per heavy atom.